The quantitative estimate of drug-likeness (QED) is 0.590. The summed E-state index contributed by atoms with van der Waals surface area (Å²) in [4.78, 5) is 27.6. The zero-order valence-corrected chi connectivity index (χ0v) is 13.4. The number of nitrogens with zero attached hydrogens (tertiary/aromatic N) is 1. The summed E-state index contributed by atoms with van der Waals surface area (Å²) in [5, 5.41) is 5.26. The normalized spacial score (nSPS) is 11.8. The maximum atomic E-state index is 12.0. The van der Waals surface area contributed by atoms with Crippen molar-refractivity contribution in [2.45, 2.75) is 13.0 Å². The van der Waals surface area contributed by atoms with Gasteiger partial charge in [-0.25, -0.2) is 4.98 Å². The highest BCUT2D eigenvalue weighted by Gasteiger charge is 2.18. The number of halogens is 2. The van der Waals surface area contributed by atoms with Crippen molar-refractivity contribution in [3.05, 3.63) is 27.5 Å². The van der Waals surface area contributed by atoms with E-state index in [0.717, 1.165) is 0 Å². The van der Waals surface area contributed by atoms with Crippen LogP contribution in [-0.2, 0) is 9.53 Å². The molecular formula is C12H15BrClN3O3. The minimum atomic E-state index is -0.686. The number of ether oxygens (including phenoxy) is 1. The Labute approximate surface area is 130 Å². The van der Waals surface area contributed by atoms with Crippen LogP contribution in [-0.4, -0.2) is 43.1 Å². The van der Waals surface area contributed by atoms with Gasteiger partial charge in [-0.3, -0.25) is 9.59 Å². The molecule has 0 aliphatic rings. The van der Waals surface area contributed by atoms with Gasteiger partial charge in [0.05, 0.1) is 12.2 Å². The van der Waals surface area contributed by atoms with Gasteiger partial charge in [-0.1, -0.05) is 11.6 Å². The number of carbonyl (C=O) groups is 2. The number of pyridine rings is 1. The number of hydrogen-bond donors (Lipinski definition) is 2. The van der Waals surface area contributed by atoms with Crippen LogP contribution in [0.4, 0.5) is 0 Å². The molecule has 0 aliphatic carbocycles. The second-order valence-electron chi connectivity index (χ2n) is 3.97. The van der Waals surface area contributed by atoms with Crippen molar-refractivity contribution in [1.29, 1.82) is 0 Å². The Balaban J connectivity index is 2.61. The summed E-state index contributed by atoms with van der Waals surface area (Å²) in [7, 11) is 1.54. The highest BCUT2D eigenvalue weighted by molar-refractivity contribution is 9.10. The molecule has 1 rings (SSSR count). The lowest BCUT2D eigenvalue weighted by Crippen LogP contribution is -2.45. The van der Waals surface area contributed by atoms with E-state index in [1.54, 1.807) is 20.1 Å². The monoisotopic (exact) mass is 363 g/mol. The summed E-state index contributed by atoms with van der Waals surface area (Å²) in [5.74, 6) is -0.757. The lowest BCUT2D eigenvalue weighted by molar-refractivity contribution is -0.122. The molecule has 0 aromatic carbocycles. The molecule has 0 saturated heterocycles. The Morgan fingerprint density at radius 3 is 2.90 bits per heavy atom. The number of amides is 2. The van der Waals surface area contributed by atoms with Crippen molar-refractivity contribution in [1.82, 2.24) is 15.6 Å². The van der Waals surface area contributed by atoms with Crippen LogP contribution in [0.5, 0.6) is 0 Å². The Bertz CT molecular complexity index is 499. The van der Waals surface area contributed by atoms with Crippen LogP contribution in [0.3, 0.4) is 0 Å². The molecule has 2 amide bonds. The van der Waals surface area contributed by atoms with Crippen molar-refractivity contribution in [2.24, 2.45) is 0 Å². The predicted molar refractivity (Wildman–Crippen MR) is 78.8 cm³/mol. The number of hydrogen-bond acceptors (Lipinski definition) is 4. The lowest BCUT2D eigenvalue weighted by atomic mass is 10.2. The fraction of sp³-hybridized carbons (Fsp3) is 0.417. The van der Waals surface area contributed by atoms with Crippen LogP contribution < -0.4 is 10.6 Å². The standard InChI is InChI=1S/C12H15BrClN3O3/c1-7(11(18)15-3-4-20-2)17-12(19)9-5-8(13)6-16-10(9)14/h5-7H,3-4H2,1-2H3,(H,15,18)(H,17,19). The first kappa shape index (κ1) is 16.9. The van der Waals surface area contributed by atoms with Gasteiger partial charge in [0.15, 0.2) is 0 Å². The van der Waals surface area contributed by atoms with Gasteiger partial charge in [-0.15, -0.1) is 0 Å². The van der Waals surface area contributed by atoms with E-state index in [4.69, 9.17) is 16.3 Å². The highest BCUT2D eigenvalue weighted by Crippen LogP contribution is 2.17. The van der Waals surface area contributed by atoms with E-state index >= 15 is 0 Å². The molecule has 0 fully saturated rings. The number of methoxy groups -OCH3 is 1. The molecule has 1 heterocycles. The van der Waals surface area contributed by atoms with Gasteiger partial charge in [-0.2, -0.15) is 0 Å². The number of rotatable bonds is 6. The Hall–Kier alpha value is -1.18. The maximum absolute atomic E-state index is 12.0. The molecule has 0 spiro atoms. The van der Waals surface area contributed by atoms with Crippen LogP contribution in [0.1, 0.15) is 17.3 Å². The number of carbonyl (C=O) groups excluding carboxylic acids is 2. The summed E-state index contributed by atoms with van der Waals surface area (Å²) in [6.45, 7) is 2.38. The Kier molecular flexibility index (Phi) is 6.90. The highest BCUT2D eigenvalue weighted by atomic mass is 79.9. The molecule has 0 saturated carbocycles. The minimum absolute atomic E-state index is 0.0812. The van der Waals surface area contributed by atoms with E-state index in [0.29, 0.717) is 17.6 Å². The lowest BCUT2D eigenvalue weighted by Gasteiger charge is -2.14. The molecule has 1 unspecified atom stereocenters. The fourth-order valence-corrected chi connectivity index (χ4v) is 1.87. The summed E-state index contributed by atoms with van der Waals surface area (Å²) >= 11 is 9.05. The molecule has 1 atom stereocenters. The Morgan fingerprint density at radius 1 is 1.55 bits per heavy atom. The van der Waals surface area contributed by atoms with Crippen molar-refractivity contribution >= 4 is 39.3 Å². The molecule has 8 heteroatoms. The zero-order valence-electron chi connectivity index (χ0n) is 11.1. The van der Waals surface area contributed by atoms with Crippen molar-refractivity contribution in [3.8, 4) is 0 Å². The average Bonchev–Trinajstić information content (AvgIpc) is 2.41. The van der Waals surface area contributed by atoms with Gasteiger partial charge in [0.1, 0.15) is 11.2 Å². The van der Waals surface area contributed by atoms with Crippen LogP contribution in [0.25, 0.3) is 0 Å². The second kappa shape index (κ2) is 8.18. The maximum Gasteiger partial charge on any atom is 0.255 e. The summed E-state index contributed by atoms with van der Waals surface area (Å²) in [6.07, 6.45) is 1.49. The molecule has 0 radical (unpaired) electrons. The van der Waals surface area contributed by atoms with E-state index < -0.39 is 11.9 Å². The first-order chi connectivity index (χ1) is 9.45. The van der Waals surface area contributed by atoms with Crippen LogP contribution in [0.15, 0.2) is 16.7 Å². The summed E-state index contributed by atoms with van der Waals surface area (Å²) in [6, 6.07) is 0.856. The van der Waals surface area contributed by atoms with E-state index in [1.807, 2.05) is 0 Å². The van der Waals surface area contributed by atoms with Crippen LogP contribution in [0, 0.1) is 0 Å². The van der Waals surface area contributed by atoms with E-state index in [9.17, 15) is 9.59 Å². The third kappa shape index (κ3) is 5.07. The predicted octanol–water partition coefficient (Wildman–Crippen LogP) is 1.38. The van der Waals surface area contributed by atoms with Crippen LogP contribution >= 0.6 is 27.5 Å². The molecule has 2 N–H and O–H groups in total. The molecule has 6 nitrogen and oxygen atoms in total. The zero-order chi connectivity index (χ0) is 15.1. The smallest absolute Gasteiger partial charge is 0.255 e. The largest absolute Gasteiger partial charge is 0.383 e. The Morgan fingerprint density at radius 2 is 2.25 bits per heavy atom. The van der Waals surface area contributed by atoms with Gasteiger partial charge in [-0.05, 0) is 28.9 Å². The van der Waals surface area contributed by atoms with E-state index in [2.05, 4.69) is 31.5 Å². The minimum Gasteiger partial charge on any atom is -0.383 e. The van der Waals surface area contributed by atoms with E-state index in [1.165, 1.54) is 6.20 Å². The summed E-state index contributed by atoms with van der Waals surface area (Å²) in [5.41, 5.74) is 0.206. The number of aromatic nitrogens is 1. The SMILES string of the molecule is COCCNC(=O)C(C)NC(=O)c1cc(Br)cnc1Cl. The molecule has 0 aliphatic heterocycles. The topological polar surface area (TPSA) is 80.3 Å². The van der Waals surface area contributed by atoms with Crippen LogP contribution in [0.2, 0.25) is 5.15 Å². The van der Waals surface area contributed by atoms with Gasteiger partial charge in [0.2, 0.25) is 5.91 Å². The first-order valence-corrected chi connectivity index (χ1v) is 7.01. The average molecular weight is 365 g/mol. The third-order valence-electron chi connectivity index (χ3n) is 2.40. The molecular weight excluding hydrogens is 350 g/mol. The van der Waals surface area contributed by atoms with Gasteiger partial charge in [0, 0.05) is 24.3 Å². The molecule has 20 heavy (non-hydrogen) atoms. The molecule has 1 aromatic heterocycles. The van der Waals surface area contributed by atoms with Gasteiger partial charge >= 0.3 is 0 Å². The van der Waals surface area contributed by atoms with Gasteiger partial charge in [0.25, 0.3) is 5.91 Å². The van der Waals surface area contributed by atoms with Crippen molar-refractivity contribution < 1.29 is 14.3 Å². The van der Waals surface area contributed by atoms with Crippen molar-refractivity contribution in [3.63, 3.8) is 0 Å². The molecule has 110 valence electrons. The molecule has 0 bridgehead atoms. The molecule has 1 aromatic rings. The van der Waals surface area contributed by atoms with E-state index in [-0.39, 0.29) is 16.6 Å². The number of nitrogens with one attached hydrogen (secondary N) is 2. The fourth-order valence-electron chi connectivity index (χ4n) is 1.35. The van der Waals surface area contributed by atoms with Crippen molar-refractivity contribution in [2.75, 3.05) is 20.3 Å². The first-order valence-electron chi connectivity index (χ1n) is 5.84. The summed E-state index contributed by atoms with van der Waals surface area (Å²) < 4.78 is 5.45. The van der Waals surface area contributed by atoms with Gasteiger partial charge < -0.3 is 15.4 Å². The second-order valence-corrected chi connectivity index (χ2v) is 5.24. The third-order valence-corrected chi connectivity index (χ3v) is 3.13.